The number of piperidine rings is 2. The Kier molecular flexibility index (Phi) is 3.54. The zero-order valence-electron chi connectivity index (χ0n) is 16.6. The Morgan fingerprint density at radius 3 is 2.64 bits per heavy atom. The number of rotatable bonds is 4. The van der Waals surface area contributed by atoms with Gasteiger partial charge < -0.3 is 10.0 Å². The van der Waals surface area contributed by atoms with Crippen LogP contribution in [-0.4, -0.2) is 43.4 Å². The molecule has 1 aromatic carbocycles. The molecule has 148 valence electrons. The molecule has 5 fully saturated rings. The van der Waals surface area contributed by atoms with Crippen molar-refractivity contribution in [2.45, 2.75) is 81.4 Å². The third-order valence-electron chi connectivity index (χ3n) is 7.76. The van der Waals surface area contributed by atoms with Crippen LogP contribution in [0.1, 0.15) is 68.5 Å². The summed E-state index contributed by atoms with van der Waals surface area (Å²) in [6, 6.07) is 7.03. The molecule has 3 aliphatic carbocycles. The number of carbonyl (C=O) groups is 1. The first-order chi connectivity index (χ1) is 13.5. The summed E-state index contributed by atoms with van der Waals surface area (Å²) in [5.41, 5.74) is 3.19. The fourth-order valence-corrected chi connectivity index (χ4v) is 6.68. The van der Waals surface area contributed by atoms with Gasteiger partial charge in [-0.2, -0.15) is 5.10 Å². The minimum absolute atomic E-state index is 0.256. The van der Waals surface area contributed by atoms with E-state index in [1.807, 2.05) is 11.7 Å². The quantitative estimate of drug-likeness (QED) is 0.887. The van der Waals surface area contributed by atoms with Crippen LogP contribution in [0.15, 0.2) is 18.2 Å². The highest BCUT2D eigenvalue weighted by atomic mass is 16.3. The summed E-state index contributed by atoms with van der Waals surface area (Å²) in [5, 5.41) is 16.8. The van der Waals surface area contributed by atoms with Gasteiger partial charge in [-0.1, -0.05) is 12.1 Å². The summed E-state index contributed by atoms with van der Waals surface area (Å²) >= 11 is 0. The highest BCUT2D eigenvalue weighted by molar-refractivity contribution is 5.87. The number of hydrogen-bond acceptors (Lipinski definition) is 3. The molecule has 1 amide bonds. The minimum Gasteiger partial charge on any atom is -0.390 e. The van der Waals surface area contributed by atoms with Crippen LogP contribution in [0.25, 0.3) is 10.9 Å². The molecular weight excluding hydrogens is 350 g/mol. The van der Waals surface area contributed by atoms with Crippen molar-refractivity contribution in [1.82, 2.24) is 14.7 Å². The third kappa shape index (κ3) is 2.55. The number of benzene rings is 1. The Hall–Kier alpha value is -1.88. The standard InChI is InChI=1S/C23H29N3O2/c1-25-20-4-2-3-18(15-5-6-15)22(20)19(24-25)7-8-21(27)26-16-9-14-10-17(26)13-23(28,11-14)12-16/h2-4,14-17,28H,5-13H2,1H3. The predicted molar refractivity (Wildman–Crippen MR) is 107 cm³/mol. The Labute approximate surface area is 165 Å². The Morgan fingerprint density at radius 2 is 1.96 bits per heavy atom. The van der Waals surface area contributed by atoms with E-state index in [4.69, 9.17) is 5.10 Å². The molecular formula is C23H29N3O2. The Bertz CT molecular complexity index is 944. The van der Waals surface area contributed by atoms with Gasteiger partial charge in [0.25, 0.3) is 0 Å². The van der Waals surface area contributed by atoms with E-state index in [2.05, 4.69) is 23.1 Å². The third-order valence-corrected chi connectivity index (χ3v) is 7.76. The number of hydrogen-bond donors (Lipinski definition) is 1. The molecule has 2 atom stereocenters. The average molecular weight is 380 g/mol. The van der Waals surface area contributed by atoms with Gasteiger partial charge in [0.05, 0.1) is 16.8 Å². The van der Waals surface area contributed by atoms with Crippen molar-refractivity contribution < 1.29 is 9.90 Å². The number of nitrogens with zero attached hydrogens (tertiary/aromatic N) is 3. The second kappa shape index (κ2) is 5.82. The first-order valence-corrected chi connectivity index (χ1v) is 11.0. The highest BCUT2D eigenvalue weighted by Crippen LogP contribution is 2.51. The maximum Gasteiger partial charge on any atom is 0.223 e. The largest absolute Gasteiger partial charge is 0.390 e. The second-order valence-electron chi connectivity index (χ2n) is 9.87. The molecule has 2 saturated heterocycles. The lowest BCUT2D eigenvalue weighted by atomic mass is 9.61. The molecule has 3 saturated carbocycles. The van der Waals surface area contributed by atoms with Gasteiger partial charge in [0.15, 0.2) is 0 Å². The average Bonchev–Trinajstić information content (AvgIpc) is 3.43. The topological polar surface area (TPSA) is 58.4 Å². The van der Waals surface area contributed by atoms with Gasteiger partial charge in [0, 0.05) is 37.4 Å². The van der Waals surface area contributed by atoms with Crippen LogP contribution in [-0.2, 0) is 18.3 Å². The van der Waals surface area contributed by atoms with Gasteiger partial charge in [0.2, 0.25) is 5.91 Å². The number of fused-ring (bicyclic) bond motifs is 1. The number of amides is 1. The lowest BCUT2D eigenvalue weighted by molar-refractivity contribution is -0.174. The SMILES string of the molecule is Cn1nc(CCC(=O)N2C3CC4CC2CC(O)(C4)C3)c2c(C3CC3)cccc21. The molecule has 2 aliphatic heterocycles. The van der Waals surface area contributed by atoms with Gasteiger partial charge in [-0.25, -0.2) is 0 Å². The lowest BCUT2D eigenvalue weighted by Gasteiger charge is -2.59. The van der Waals surface area contributed by atoms with Gasteiger partial charge in [-0.15, -0.1) is 0 Å². The van der Waals surface area contributed by atoms with Crippen LogP contribution in [0.5, 0.6) is 0 Å². The highest BCUT2D eigenvalue weighted by Gasteiger charge is 2.54. The first kappa shape index (κ1) is 17.0. The van der Waals surface area contributed by atoms with E-state index in [0.29, 0.717) is 24.7 Å². The summed E-state index contributed by atoms with van der Waals surface area (Å²) in [6.45, 7) is 0. The summed E-state index contributed by atoms with van der Waals surface area (Å²) in [4.78, 5) is 15.3. The zero-order valence-corrected chi connectivity index (χ0v) is 16.6. The predicted octanol–water partition coefficient (Wildman–Crippen LogP) is 3.29. The van der Waals surface area contributed by atoms with Crippen molar-refractivity contribution in [3.63, 3.8) is 0 Å². The minimum atomic E-state index is -0.496. The maximum atomic E-state index is 13.2. The number of aryl methyl sites for hydroxylation is 2. The monoisotopic (exact) mass is 379 g/mol. The maximum absolute atomic E-state index is 13.2. The zero-order chi connectivity index (χ0) is 19.0. The van der Waals surface area contributed by atoms with Gasteiger partial charge >= 0.3 is 0 Å². The number of aromatic nitrogens is 2. The first-order valence-electron chi connectivity index (χ1n) is 11.0. The molecule has 28 heavy (non-hydrogen) atoms. The van der Waals surface area contributed by atoms with Crippen LogP contribution in [0, 0.1) is 5.92 Å². The smallest absolute Gasteiger partial charge is 0.223 e. The van der Waals surface area contributed by atoms with E-state index in [9.17, 15) is 9.90 Å². The molecule has 5 heteroatoms. The van der Waals surface area contributed by atoms with Crippen molar-refractivity contribution in [1.29, 1.82) is 0 Å². The molecule has 4 bridgehead atoms. The molecule has 7 rings (SSSR count). The molecule has 1 aromatic heterocycles. The van der Waals surface area contributed by atoms with Crippen LogP contribution in [0.4, 0.5) is 0 Å². The molecule has 2 unspecified atom stereocenters. The summed E-state index contributed by atoms with van der Waals surface area (Å²) < 4.78 is 1.97. The molecule has 3 heterocycles. The van der Waals surface area contributed by atoms with E-state index in [-0.39, 0.29) is 18.0 Å². The van der Waals surface area contributed by atoms with Crippen molar-refractivity contribution >= 4 is 16.8 Å². The van der Waals surface area contributed by atoms with Crippen LogP contribution < -0.4 is 0 Å². The van der Waals surface area contributed by atoms with Crippen LogP contribution in [0.2, 0.25) is 0 Å². The van der Waals surface area contributed by atoms with Gasteiger partial charge in [0.1, 0.15) is 0 Å². The van der Waals surface area contributed by atoms with E-state index in [1.54, 1.807) is 0 Å². The molecule has 5 nitrogen and oxygen atoms in total. The fraction of sp³-hybridized carbons (Fsp3) is 0.652. The second-order valence-corrected chi connectivity index (χ2v) is 9.87. The van der Waals surface area contributed by atoms with Gasteiger partial charge in [-0.3, -0.25) is 9.48 Å². The molecule has 0 spiro atoms. The summed E-state index contributed by atoms with van der Waals surface area (Å²) in [5.74, 6) is 1.56. The van der Waals surface area contributed by atoms with Crippen molar-refractivity contribution in [2.75, 3.05) is 0 Å². The number of carbonyl (C=O) groups excluding carboxylic acids is 1. The van der Waals surface area contributed by atoms with E-state index < -0.39 is 5.60 Å². The molecule has 0 radical (unpaired) electrons. The van der Waals surface area contributed by atoms with E-state index in [0.717, 1.165) is 37.8 Å². The fourth-order valence-electron chi connectivity index (χ4n) is 6.68. The lowest BCUT2D eigenvalue weighted by Crippen LogP contribution is -2.65. The van der Waals surface area contributed by atoms with Gasteiger partial charge in [-0.05, 0) is 68.4 Å². The molecule has 5 aliphatic rings. The molecule has 1 N–H and O–H groups in total. The van der Waals surface area contributed by atoms with Crippen LogP contribution >= 0.6 is 0 Å². The Morgan fingerprint density at radius 1 is 1.21 bits per heavy atom. The van der Waals surface area contributed by atoms with Crippen molar-refractivity contribution in [3.05, 3.63) is 29.5 Å². The normalized spacial score (nSPS) is 33.8. The number of aliphatic hydroxyl groups is 1. The van der Waals surface area contributed by atoms with Crippen molar-refractivity contribution in [2.24, 2.45) is 13.0 Å². The Balaban J connectivity index is 1.24. The summed E-state index contributed by atoms with van der Waals surface area (Å²) in [6.07, 6.45) is 8.47. The summed E-state index contributed by atoms with van der Waals surface area (Å²) in [7, 11) is 2.01. The molecule has 2 aromatic rings. The van der Waals surface area contributed by atoms with E-state index in [1.165, 1.54) is 29.3 Å². The van der Waals surface area contributed by atoms with Crippen molar-refractivity contribution in [3.8, 4) is 0 Å². The van der Waals surface area contributed by atoms with E-state index >= 15 is 0 Å². The van der Waals surface area contributed by atoms with Crippen LogP contribution in [0.3, 0.4) is 0 Å².